The van der Waals surface area contributed by atoms with Gasteiger partial charge < -0.3 is 10.0 Å². The van der Waals surface area contributed by atoms with Gasteiger partial charge in [-0.05, 0) is 37.3 Å². The molecule has 18 heavy (non-hydrogen) atoms. The molecule has 0 spiro atoms. The van der Waals surface area contributed by atoms with Gasteiger partial charge >= 0.3 is 0 Å². The van der Waals surface area contributed by atoms with Crippen molar-refractivity contribution in [3.05, 3.63) is 28.8 Å². The molecule has 0 amide bonds. The molecule has 4 heteroatoms. The van der Waals surface area contributed by atoms with Crippen molar-refractivity contribution < 1.29 is 5.11 Å². The molecule has 1 heterocycles. The summed E-state index contributed by atoms with van der Waals surface area (Å²) in [6, 6.07) is 7.64. The van der Waals surface area contributed by atoms with Crippen molar-refractivity contribution in [3.8, 4) is 6.07 Å². The lowest BCUT2D eigenvalue weighted by atomic mass is 9.94. The largest absolute Gasteiger partial charge is 0.396 e. The van der Waals surface area contributed by atoms with Gasteiger partial charge in [0.05, 0.1) is 16.3 Å². The fraction of sp³-hybridized carbons (Fsp3) is 0.500. The van der Waals surface area contributed by atoms with Gasteiger partial charge in [0.25, 0.3) is 0 Å². The van der Waals surface area contributed by atoms with Crippen molar-refractivity contribution in [1.82, 2.24) is 0 Å². The molecule has 0 aliphatic carbocycles. The second-order valence-electron chi connectivity index (χ2n) is 4.71. The maximum absolute atomic E-state index is 9.17. The highest BCUT2D eigenvalue weighted by atomic mass is 35.5. The van der Waals surface area contributed by atoms with Crippen LogP contribution in [0.3, 0.4) is 0 Å². The van der Waals surface area contributed by atoms with E-state index in [4.69, 9.17) is 22.0 Å². The van der Waals surface area contributed by atoms with Crippen LogP contribution in [-0.2, 0) is 0 Å². The van der Waals surface area contributed by atoms with E-state index in [2.05, 4.69) is 11.0 Å². The summed E-state index contributed by atoms with van der Waals surface area (Å²) in [6.45, 7) is 2.03. The lowest BCUT2D eigenvalue weighted by molar-refractivity contribution is 0.244. The minimum atomic E-state index is 0.228. The van der Waals surface area contributed by atoms with E-state index in [0.29, 0.717) is 16.5 Å². The molecular formula is C14H17ClN2O. The molecule has 1 unspecified atom stereocenters. The summed E-state index contributed by atoms with van der Waals surface area (Å²) >= 11 is 6.22. The molecule has 2 rings (SSSR count). The molecule has 0 aromatic heterocycles. The molecule has 0 bridgehead atoms. The first-order valence-electron chi connectivity index (χ1n) is 6.30. The van der Waals surface area contributed by atoms with E-state index in [1.807, 2.05) is 6.07 Å². The number of hydrogen-bond acceptors (Lipinski definition) is 3. The van der Waals surface area contributed by atoms with Gasteiger partial charge in [-0.1, -0.05) is 17.7 Å². The van der Waals surface area contributed by atoms with Crippen molar-refractivity contribution in [2.24, 2.45) is 5.92 Å². The molecule has 1 fully saturated rings. The number of aliphatic hydroxyl groups is 1. The maximum Gasteiger partial charge on any atom is 0.101 e. The highest BCUT2D eigenvalue weighted by molar-refractivity contribution is 6.33. The first kappa shape index (κ1) is 13.2. The minimum absolute atomic E-state index is 0.228. The highest BCUT2D eigenvalue weighted by Gasteiger charge is 2.23. The molecule has 1 aromatic rings. The van der Waals surface area contributed by atoms with Crippen LogP contribution in [0.2, 0.25) is 5.02 Å². The van der Waals surface area contributed by atoms with Crippen molar-refractivity contribution in [1.29, 1.82) is 5.26 Å². The number of anilines is 1. The fourth-order valence-electron chi connectivity index (χ4n) is 2.61. The Balaban J connectivity index is 2.23. The summed E-state index contributed by atoms with van der Waals surface area (Å²) in [5, 5.41) is 18.8. The number of para-hydroxylation sites is 1. The number of piperidine rings is 1. The molecule has 0 radical (unpaired) electrons. The lowest BCUT2D eigenvalue weighted by Gasteiger charge is -2.35. The van der Waals surface area contributed by atoms with E-state index in [0.717, 1.165) is 38.0 Å². The molecule has 1 atom stereocenters. The number of benzene rings is 1. The van der Waals surface area contributed by atoms with Crippen LogP contribution in [0.25, 0.3) is 0 Å². The summed E-state index contributed by atoms with van der Waals surface area (Å²) < 4.78 is 0. The number of hydrogen-bond donors (Lipinski definition) is 1. The van der Waals surface area contributed by atoms with E-state index in [-0.39, 0.29) is 6.61 Å². The third kappa shape index (κ3) is 2.77. The van der Waals surface area contributed by atoms with Gasteiger partial charge in [-0.25, -0.2) is 0 Å². The van der Waals surface area contributed by atoms with Gasteiger partial charge in [-0.2, -0.15) is 5.26 Å². The number of halogens is 1. The Kier molecular flexibility index (Phi) is 4.46. The third-order valence-electron chi connectivity index (χ3n) is 3.48. The van der Waals surface area contributed by atoms with Gasteiger partial charge in [-0.15, -0.1) is 0 Å². The fourth-order valence-corrected chi connectivity index (χ4v) is 2.91. The van der Waals surface area contributed by atoms with E-state index in [9.17, 15) is 0 Å². The molecule has 96 valence electrons. The molecular weight excluding hydrogens is 248 g/mol. The smallest absolute Gasteiger partial charge is 0.101 e. The Labute approximate surface area is 113 Å². The third-order valence-corrected chi connectivity index (χ3v) is 3.78. The highest BCUT2D eigenvalue weighted by Crippen LogP contribution is 2.33. The Hall–Kier alpha value is -1.24. The van der Waals surface area contributed by atoms with Crippen LogP contribution in [0.4, 0.5) is 5.69 Å². The average Bonchev–Trinajstić information content (AvgIpc) is 2.39. The molecule has 1 N–H and O–H groups in total. The maximum atomic E-state index is 9.17. The molecule has 1 aromatic carbocycles. The molecule has 1 aliphatic rings. The summed E-state index contributed by atoms with van der Waals surface area (Å²) in [6.07, 6.45) is 3.05. The van der Waals surface area contributed by atoms with Gasteiger partial charge in [0.2, 0.25) is 0 Å². The van der Waals surface area contributed by atoms with Crippen molar-refractivity contribution in [2.75, 3.05) is 24.6 Å². The number of aliphatic hydroxyl groups excluding tert-OH is 1. The van der Waals surface area contributed by atoms with Crippen LogP contribution in [0.15, 0.2) is 18.2 Å². The topological polar surface area (TPSA) is 47.3 Å². The summed E-state index contributed by atoms with van der Waals surface area (Å²) in [7, 11) is 0. The molecule has 3 nitrogen and oxygen atoms in total. The summed E-state index contributed by atoms with van der Waals surface area (Å²) in [5.41, 5.74) is 1.48. The minimum Gasteiger partial charge on any atom is -0.396 e. The second-order valence-corrected chi connectivity index (χ2v) is 5.12. The van der Waals surface area contributed by atoms with Crippen LogP contribution in [0.1, 0.15) is 24.8 Å². The van der Waals surface area contributed by atoms with E-state index >= 15 is 0 Å². The summed E-state index contributed by atoms with van der Waals surface area (Å²) in [5.74, 6) is 0.492. The number of nitriles is 1. The lowest BCUT2D eigenvalue weighted by Crippen LogP contribution is -2.36. The zero-order valence-corrected chi connectivity index (χ0v) is 11.0. The Bertz CT molecular complexity index is 454. The Morgan fingerprint density at radius 3 is 3.06 bits per heavy atom. The Morgan fingerprint density at radius 2 is 2.33 bits per heavy atom. The molecule has 0 saturated carbocycles. The van der Waals surface area contributed by atoms with Crippen LogP contribution in [-0.4, -0.2) is 24.8 Å². The van der Waals surface area contributed by atoms with Gasteiger partial charge in [-0.3, -0.25) is 0 Å². The van der Waals surface area contributed by atoms with Crippen LogP contribution < -0.4 is 4.90 Å². The normalized spacial score (nSPS) is 19.6. The van der Waals surface area contributed by atoms with Crippen molar-refractivity contribution >= 4 is 17.3 Å². The molecule has 1 aliphatic heterocycles. The predicted molar refractivity (Wildman–Crippen MR) is 72.8 cm³/mol. The average molecular weight is 265 g/mol. The van der Waals surface area contributed by atoms with Gasteiger partial charge in [0, 0.05) is 19.7 Å². The van der Waals surface area contributed by atoms with Crippen molar-refractivity contribution in [2.45, 2.75) is 19.3 Å². The van der Waals surface area contributed by atoms with Crippen LogP contribution in [0, 0.1) is 17.2 Å². The van der Waals surface area contributed by atoms with Crippen LogP contribution in [0.5, 0.6) is 0 Å². The predicted octanol–water partition coefficient (Wildman–Crippen LogP) is 2.81. The monoisotopic (exact) mass is 264 g/mol. The van der Waals surface area contributed by atoms with E-state index in [1.54, 1.807) is 12.1 Å². The zero-order chi connectivity index (χ0) is 13.0. The van der Waals surface area contributed by atoms with Gasteiger partial charge in [0.15, 0.2) is 0 Å². The Morgan fingerprint density at radius 1 is 1.50 bits per heavy atom. The van der Waals surface area contributed by atoms with E-state index < -0.39 is 0 Å². The summed E-state index contributed by atoms with van der Waals surface area (Å²) in [4.78, 5) is 2.19. The van der Waals surface area contributed by atoms with E-state index in [1.165, 1.54) is 0 Å². The van der Waals surface area contributed by atoms with Gasteiger partial charge in [0.1, 0.15) is 6.07 Å². The molecule has 1 saturated heterocycles. The second kappa shape index (κ2) is 6.08. The number of rotatable bonds is 3. The number of nitrogens with zero attached hydrogens (tertiary/aromatic N) is 2. The quantitative estimate of drug-likeness (QED) is 0.913. The SMILES string of the molecule is N#Cc1cccc(Cl)c1N1CCCC(CCO)C1. The first-order valence-corrected chi connectivity index (χ1v) is 6.68. The standard InChI is InChI=1S/C14H17ClN2O/c15-13-5-1-4-12(9-16)14(13)17-7-2-3-11(10-17)6-8-18/h1,4-5,11,18H,2-3,6-8,10H2. The zero-order valence-electron chi connectivity index (χ0n) is 10.3. The van der Waals surface area contributed by atoms with Crippen LogP contribution >= 0.6 is 11.6 Å². The first-order chi connectivity index (χ1) is 8.76. The van der Waals surface area contributed by atoms with Crippen molar-refractivity contribution in [3.63, 3.8) is 0 Å².